The van der Waals surface area contributed by atoms with E-state index in [2.05, 4.69) is 20.6 Å². The normalized spacial score (nSPS) is 10.8. The lowest BCUT2D eigenvalue weighted by atomic mass is 10.4. The summed E-state index contributed by atoms with van der Waals surface area (Å²) in [7, 11) is 0. The van der Waals surface area contributed by atoms with Gasteiger partial charge in [0.25, 0.3) is 0 Å². The van der Waals surface area contributed by atoms with Crippen LogP contribution in [0.5, 0.6) is 0 Å². The van der Waals surface area contributed by atoms with Crippen molar-refractivity contribution in [1.29, 1.82) is 0 Å². The minimum Gasteiger partial charge on any atom is -0.467 e. The summed E-state index contributed by atoms with van der Waals surface area (Å²) < 4.78 is 6.90. The van der Waals surface area contributed by atoms with Gasteiger partial charge in [-0.1, -0.05) is 11.8 Å². The number of thioether (sulfide) groups is 1. The molecule has 3 aromatic rings. The highest BCUT2D eigenvalue weighted by atomic mass is 32.2. The van der Waals surface area contributed by atoms with Crippen LogP contribution in [0.1, 0.15) is 17.1 Å². The molecule has 0 aliphatic rings. The predicted molar refractivity (Wildman–Crippen MR) is 89.9 cm³/mol. The van der Waals surface area contributed by atoms with Gasteiger partial charge in [0, 0.05) is 5.69 Å². The predicted octanol–water partition coefficient (Wildman–Crippen LogP) is 2.28. The van der Waals surface area contributed by atoms with Crippen LogP contribution in [0.2, 0.25) is 0 Å². The summed E-state index contributed by atoms with van der Waals surface area (Å²) in [4.78, 5) is 11.8. The number of hydrogen-bond acceptors (Lipinski definition) is 6. The number of carbonyl (C=O) groups is 1. The summed E-state index contributed by atoms with van der Waals surface area (Å²) in [5.74, 6) is 1.57. The van der Waals surface area contributed by atoms with Gasteiger partial charge in [-0.15, -0.1) is 10.2 Å². The van der Waals surface area contributed by atoms with E-state index in [1.165, 1.54) is 11.8 Å². The van der Waals surface area contributed by atoms with Crippen LogP contribution in [0.15, 0.2) is 46.0 Å². The highest BCUT2D eigenvalue weighted by molar-refractivity contribution is 7.99. The Morgan fingerprint density at radius 1 is 1.29 bits per heavy atom. The average molecular weight is 343 g/mol. The number of hydrogen-bond donors (Lipinski definition) is 1. The Bertz CT molecular complexity index is 812. The van der Waals surface area contributed by atoms with E-state index in [0.717, 1.165) is 17.1 Å². The van der Waals surface area contributed by atoms with E-state index in [4.69, 9.17) is 4.42 Å². The Labute approximate surface area is 143 Å². The van der Waals surface area contributed by atoms with E-state index in [-0.39, 0.29) is 11.7 Å². The van der Waals surface area contributed by atoms with E-state index in [1.54, 1.807) is 17.0 Å². The number of furan rings is 1. The van der Waals surface area contributed by atoms with Crippen molar-refractivity contribution in [3.63, 3.8) is 0 Å². The topological polar surface area (TPSA) is 85.8 Å². The first-order valence-corrected chi connectivity index (χ1v) is 8.39. The smallest absolute Gasteiger partial charge is 0.230 e. The van der Waals surface area contributed by atoms with Gasteiger partial charge in [-0.2, -0.15) is 5.10 Å². The minimum absolute atomic E-state index is 0.0826. The summed E-state index contributed by atoms with van der Waals surface area (Å²) >= 11 is 1.33. The molecule has 0 saturated carbocycles. The van der Waals surface area contributed by atoms with Crippen LogP contribution >= 0.6 is 11.8 Å². The van der Waals surface area contributed by atoms with Crippen LogP contribution in [0.25, 0.3) is 5.82 Å². The van der Waals surface area contributed by atoms with Crippen LogP contribution in [-0.2, 0) is 11.3 Å². The van der Waals surface area contributed by atoms with Crippen molar-refractivity contribution in [2.24, 2.45) is 0 Å². The molecule has 1 N–H and O–H groups in total. The highest BCUT2D eigenvalue weighted by Gasteiger charge is 2.08. The third-order valence-corrected chi connectivity index (χ3v) is 4.16. The van der Waals surface area contributed by atoms with Gasteiger partial charge in [-0.3, -0.25) is 4.79 Å². The van der Waals surface area contributed by atoms with Crippen LogP contribution < -0.4 is 5.32 Å². The van der Waals surface area contributed by atoms with Crippen molar-refractivity contribution in [3.8, 4) is 5.82 Å². The van der Waals surface area contributed by atoms with E-state index in [1.807, 2.05) is 38.1 Å². The number of nitrogens with one attached hydrogen (secondary N) is 1. The second-order valence-electron chi connectivity index (χ2n) is 5.21. The molecule has 3 rings (SSSR count). The summed E-state index contributed by atoms with van der Waals surface area (Å²) in [6.45, 7) is 4.28. The molecule has 7 nitrogen and oxygen atoms in total. The molecule has 3 aromatic heterocycles. The molecule has 0 radical (unpaired) electrons. The Kier molecular flexibility index (Phi) is 4.95. The number of rotatable bonds is 6. The van der Waals surface area contributed by atoms with E-state index in [0.29, 0.717) is 17.4 Å². The highest BCUT2D eigenvalue weighted by Crippen LogP contribution is 2.16. The van der Waals surface area contributed by atoms with Gasteiger partial charge >= 0.3 is 0 Å². The molecule has 0 saturated heterocycles. The summed E-state index contributed by atoms with van der Waals surface area (Å²) in [5, 5.41) is 16.2. The Balaban J connectivity index is 1.52. The maximum Gasteiger partial charge on any atom is 0.230 e. The van der Waals surface area contributed by atoms with Crippen LogP contribution in [0.4, 0.5) is 0 Å². The number of carbonyl (C=O) groups excluding carboxylic acids is 1. The van der Waals surface area contributed by atoms with Gasteiger partial charge in [-0.05, 0) is 44.2 Å². The lowest BCUT2D eigenvalue weighted by Crippen LogP contribution is -2.24. The van der Waals surface area contributed by atoms with E-state index in [9.17, 15) is 4.79 Å². The number of nitrogens with zero attached hydrogens (tertiary/aromatic N) is 4. The van der Waals surface area contributed by atoms with E-state index >= 15 is 0 Å². The SMILES string of the molecule is Cc1cc(C)n(-c2ccc(SCC(=O)NCc3ccco3)nn2)n1. The third-order valence-electron chi connectivity index (χ3n) is 3.24. The largest absolute Gasteiger partial charge is 0.467 e. The molecular formula is C16H17N5O2S. The molecule has 0 unspecified atom stereocenters. The molecule has 24 heavy (non-hydrogen) atoms. The Morgan fingerprint density at radius 2 is 2.17 bits per heavy atom. The number of aromatic nitrogens is 4. The van der Waals surface area contributed by atoms with Crippen molar-refractivity contribution in [1.82, 2.24) is 25.3 Å². The van der Waals surface area contributed by atoms with Crippen molar-refractivity contribution in [2.75, 3.05) is 5.75 Å². The second kappa shape index (κ2) is 7.31. The maximum atomic E-state index is 11.8. The zero-order chi connectivity index (χ0) is 16.9. The summed E-state index contributed by atoms with van der Waals surface area (Å²) in [6, 6.07) is 9.26. The summed E-state index contributed by atoms with van der Waals surface area (Å²) in [6.07, 6.45) is 1.58. The molecule has 0 aliphatic carbocycles. The van der Waals surface area contributed by atoms with Crippen LogP contribution in [0, 0.1) is 13.8 Å². The fourth-order valence-corrected chi connectivity index (χ4v) is 2.80. The minimum atomic E-state index is -0.0826. The first-order valence-electron chi connectivity index (χ1n) is 7.41. The van der Waals surface area contributed by atoms with Gasteiger partial charge in [0.2, 0.25) is 5.91 Å². The van der Waals surface area contributed by atoms with Crippen molar-refractivity contribution in [2.45, 2.75) is 25.4 Å². The first-order chi connectivity index (χ1) is 11.6. The van der Waals surface area contributed by atoms with Gasteiger partial charge in [0.05, 0.1) is 24.3 Å². The van der Waals surface area contributed by atoms with Crippen molar-refractivity contribution < 1.29 is 9.21 Å². The molecule has 0 spiro atoms. The van der Waals surface area contributed by atoms with Gasteiger partial charge in [0.1, 0.15) is 10.8 Å². The molecule has 1 amide bonds. The fraction of sp³-hybridized carbons (Fsp3) is 0.250. The van der Waals surface area contributed by atoms with Crippen LogP contribution in [0.3, 0.4) is 0 Å². The molecule has 0 aliphatic heterocycles. The maximum absolute atomic E-state index is 11.8. The zero-order valence-corrected chi connectivity index (χ0v) is 14.2. The number of aryl methyl sites for hydroxylation is 2. The quantitative estimate of drug-likeness (QED) is 0.691. The molecular weight excluding hydrogens is 326 g/mol. The standard InChI is InChI=1S/C16H17N5O2S/c1-11-8-12(2)21(20-11)14-5-6-16(19-18-14)24-10-15(22)17-9-13-4-3-7-23-13/h3-8H,9-10H2,1-2H3,(H,17,22). The monoisotopic (exact) mass is 343 g/mol. The average Bonchev–Trinajstić information content (AvgIpc) is 3.21. The van der Waals surface area contributed by atoms with Gasteiger partial charge in [0.15, 0.2) is 5.82 Å². The van der Waals surface area contributed by atoms with Gasteiger partial charge in [-0.25, -0.2) is 4.68 Å². The van der Waals surface area contributed by atoms with Crippen molar-refractivity contribution in [3.05, 3.63) is 53.7 Å². The number of amides is 1. The molecule has 0 fully saturated rings. The third kappa shape index (κ3) is 4.02. The molecule has 0 bridgehead atoms. The zero-order valence-electron chi connectivity index (χ0n) is 13.4. The molecule has 3 heterocycles. The second-order valence-corrected chi connectivity index (χ2v) is 6.21. The summed E-state index contributed by atoms with van der Waals surface area (Å²) in [5.41, 5.74) is 1.93. The van der Waals surface area contributed by atoms with E-state index < -0.39 is 0 Å². The first kappa shape index (κ1) is 16.3. The lowest BCUT2D eigenvalue weighted by molar-refractivity contribution is -0.118. The van der Waals surface area contributed by atoms with Crippen molar-refractivity contribution >= 4 is 17.7 Å². The van der Waals surface area contributed by atoms with Crippen LogP contribution in [-0.4, -0.2) is 31.6 Å². The van der Waals surface area contributed by atoms with Gasteiger partial charge < -0.3 is 9.73 Å². The Morgan fingerprint density at radius 3 is 2.79 bits per heavy atom. The molecule has 124 valence electrons. The Hall–Kier alpha value is -2.61. The lowest BCUT2D eigenvalue weighted by Gasteiger charge is -2.04. The molecule has 8 heteroatoms. The molecule has 0 aromatic carbocycles. The molecule has 0 atom stereocenters. The fourth-order valence-electron chi connectivity index (χ4n) is 2.15.